The van der Waals surface area contributed by atoms with Crippen molar-refractivity contribution in [1.82, 2.24) is 9.97 Å². The Labute approximate surface area is 101 Å². The Hall–Kier alpha value is -1.40. The summed E-state index contributed by atoms with van der Waals surface area (Å²) in [5.74, 6) is 1.82. The number of methoxy groups -OCH3 is 2. The summed E-state index contributed by atoms with van der Waals surface area (Å²) in [6, 6.07) is 1.73. The summed E-state index contributed by atoms with van der Waals surface area (Å²) < 4.78 is 10.1. The second-order valence-electron chi connectivity index (χ2n) is 3.65. The molecule has 96 valence electrons. The second-order valence-corrected chi connectivity index (χ2v) is 3.65. The smallest absolute Gasteiger partial charge is 0.218 e. The summed E-state index contributed by atoms with van der Waals surface area (Å²) in [6.07, 6.45) is 0.596. The van der Waals surface area contributed by atoms with E-state index in [1.54, 1.807) is 27.2 Å². The molecule has 0 aliphatic heterocycles. The lowest BCUT2D eigenvalue weighted by molar-refractivity contribution is 0.170. The fourth-order valence-corrected chi connectivity index (χ4v) is 1.48. The van der Waals surface area contributed by atoms with E-state index in [1.165, 1.54) is 0 Å². The average Bonchev–Trinajstić information content (AvgIpc) is 2.29. The van der Waals surface area contributed by atoms with Crippen molar-refractivity contribution in [3.05, 3.63) is 11.9 Å². The van der Waals surface area contributed by atoms with Crippen LogP contribution in [0.25, 0.3) is 0 Å². The van der Waals surface area contributed by atoms with Gasteiger partial charge in [0.2, 0.25) is 5.88 Å². The number of aromatic nitrogens is 2. The summed E-state index contributed by atoms with van der Waals surface area (Å²) in [5, 5.41) is 12.1. The van der Waals surface area contributed by atoms with Gasteiger partial charge in [-0.3, -0.25) is 0 Å². The van der Waals surface area contributed by atoms with Crippen molar-refractivity contribution in [1.29, 1.82) is 0 Å². The molecule has 0 fully saturated rings. The van der Waals surface area contributed by atoms with E-state index in [2.05, 4.69) is 15.3 Å². The molecule has 2 N–H and O–H groups in total. The molecule has 1 heterocycles. The van der Waals surface area contributed by atoms with E-state index in [0.717, 1.165) is 0 Å². The molecule has 0 saturated heterocycles. The molecule has 0 aliphatic rings. The molecular formula is C11H19N3O3. The molecule has 0 aromatic carbocycles. The number of aryl methyl sites for hydroxylation is 1. The highest BCUT2D eigenvalue weighted by atomic mass is 16.5. The average molecular weight is 241 g/mol. The van der Waals surface area contributed by atoms with Crippen LogP contribution in [0, 0.1) is 6.92 Å². The van der Waals surface area contributed by atoms with E-state index in [-0.39, 0.29) is 12.6 Å². The van der Waals surface area contributed by atoms with E-state index in [1.807, 2.05) is 0 Å². The van der Waals surface area contributed by atoms with Crippen molar-refractivity contribution >= 4 is 5.82 Å². The zero-order valence-corrected chi connectivity index (χ0v) is 10.4. The molecule has 6 heteroatoms. The first-order valence-corrected chi connectivity index (χ1v) is 5.45. The predicted octanol–water partition coefficient (Wildman–Crippen LogP) is 0.603. The third kappa shape index (κ3) is 4.54. The Bertz CT molecular complexity index is 341. The highest BCUT2D eigenvalue weighted by molar-refractivity contribution is 5.39. The van der Waals surface area contributed by atoms with Crippen LogP contribution in [-0.4, -0.2) is 48.5 Å². The molecule has 6 nitrogen and oxygen atoms in total. The number of hydrogen-bond acceptors (Lipinski definition) is 6. The van der Waals surface area contributed by atoms with Gasteiger partial charge < -0.3 is 19.9 Å². The SMILES string of the molecule is COCC(CCO)Nc1cc(OC)nc(C)n1. The van der Waals surface area contributed by atoms with Gasteiger partial charge in [-0.05, 0) is 13.3 Å². The molecule has 1 rings (SSSR count). The first-order chi connectivity index (χ1) is 8.19. The van der Waals surface area contributed by atoms with E-state index in [0.29, 0.717) is 30.5 Å². The first kappa shape index (κ1) is 13.7. The van der Waals surface area contributed by atoms with Gasteiger partial charge in [0.25, 0.3) is 0 Å². The van der Waals surface area contributed by atoms with Crippen molar-refractivity contribution in [2.24, 2.45) is 0 Å². The van der Waals surface area contributed by atoms with Crippen molar-refractivity contribution in [2.75, 3.05) is 32.8 Å². The zero-order valence-electron chi connectivity index (χ0n) is 10.4. The first-order valence-electron chi connectivity index (χ1n) is 5.45. The van der Waals surface area contributed by atoms with Crippen LogP contribution in [0.15, 0.2) is 6.07 Å². The minimum Gasteiger partial charge on any atom is -0.481 e. The summed E-state index contributed by atoms with van der Waals surface area (Å²) in [7, 11) is 3.18. The lowest BCUT2D eigenvalue weighted by Gasteiger charge is -2.17. The quantitative estimate of drug-likeness (QED) is 0.728. The highest BCUT2D eigenvalue weighted by Gasteiger charge is 2.10. The molecule has 0 saturated carbocycles. The van der Waals surface area contributed by atoms with Gasteiger partial charge in [-0.2, -0.15) is 4.98 Å². The lowest BCUT2D eigenvalue weighted by atomic mass is 10.2. The minimum absolute atomic E-state index is 0.0176. The summed E-state index contributed by atoms with van der Waals surface area (Å²) in [6.45, 7) is 2.40. The molecule has 17 heavy (non-hydrogen) atoms. The maximum absolute atomic E-state index is 8.94. The van der Waals surface area contributed by atoms with E-state index < -0.39 is 0 Å². The molecule has 1 aromatic heterocycles. The van der Waals surface area contributed by atoms with Crippen molar-refractivity contribution < 1.29 is 14.6 Å². The number of rotatable bonds is 7. The Morgan fingerprint density at radius 3 is 2.76 bits per heavy atom. The number of anilines is 1. The van der Waals surface area contributed by atoms with Crippen LogP contribution in [0.3, 0.4) is 0 Å². The fourth-order valence-electron chi connectivity index (χ4n) is 1.48. The van der Waals surface area contributed by atoms with E-state index in [9.17, 15) is 0 Å². The summed E-state index contributed by atoms with van der Waals surface area (Å²) in [4.78, 5) is 8.34. The van der Waals surface area contributed by atoms with Crippen LogP contribution in [0.2, 0.25) is 0 Å². The van der Waals surface area contributed by atoms with Gasteiger partial charge in [0.05, 0.1) is 19.8 Å². The predicted molar refractivity (Wildman–Crippen MR) is 64.3 cm³/mol. The number of hydrogen-bond donors (Lipinski definition) is 2. The van der Waals surface area contributed by atoms with Crippen LogP contribution in [0.5, 0.6) is 5.88 Å². The number of aliphatic hydroxyl groups is 1. The third-order valence-corrected chi connectivity index (χ3v) is 2.22. The largest absolute Gasteiger partial charge is 0.481 e. The van der Waals surface area contributed by atoms with Gasteiger partial charge in [0, 0.05) is 19.8 Å². The number of ether oxygens (including phenoxy) is 2. The molecule has 1 atom stereocenters. The van der Waals surface area contributed by atoms with Crippen molar-refractivity contribution in [3.63, 3.8) is 0 Å². The number of nitrogens with one attached hydrogen (secondary N) is 1. The maximum atomic E-state index is 8.94. The summed E-state index contributed by atoms with van der Waals surface area (Å²) >= 11 is 0. The summed E-state index contributed by atoms with van der Waals surface area (Å²) in [5.41, 5.74) is 0. The lowest BCUT2D eigenvalue weighted by Crippen LogP contribution is -2.26. The van der Waals surface area contributed by atoms with E-state index >= 15 is 0 Å². The van der Waals surface area contributed by atoms with Crippen LogP contribution in [-0.2, 0) is 4.74 Å². The molecule has 0 radical (unpaired) electrons. The second kappa shape index (κ2) is 7.03. The highest BCUT2D eigenvalue weighted by Crippen LogP contribution is 2.14. The Morgan fingerprint density at radius 1 is 1.41 bits per heavy atom. The van der Waals surface area contributed by atoms with Gasteiger partial charge >= 0.3 is 0 Å². The Balaban J connectivity index is 2.73. The van der Waals surface area contributed by atoms with Gasteiger partial charge in [-0.15, -0.1) is 0 Å². The third-order valence-electron chi connectivity index (χ3n) is 2.22. The minimum atomic E-state index is 0.0176. The number of nitrogens with zero attached hydrogens (tertiary/aromatic N) is 2. The maximum Gasteiger partial charge on any atom is 0.218 e. The topological polar surface area (TPSA) is 76.5 Å². The molecule has 0 bridgehead atoms. The molecular weight excluding hydrogens is 222 g/mol. The zero-order chi connectivity index (χ0) is 12.7. The van der Waals surface area contributed by atoms with E-state index in [4.69, 9.17) is 14.6 Å². The fraction of sp³-hybridized carbons (Fsp3) is 0.636. The molecule has 0 spiro atoms. The van der Waals surface area contributed by atoms with Crippen molar-refractivity contribution in [3.8, 4) is 5.88 Å². The van der Waals surface area contributed by atoms with Crippen LogP contribution in [0.4, 0.5) is 5.82 Å². The molecule has 0 amide bonds. The molecule has 1 unspecified atom stereocenters. The van der Waals surface area contributed by atoms with Gasteiger partial charge in [-0.25, -0.2) is 4.98 Å². The normalized spacial score (nSPS) is 12.2. The van der Waals surface area contributed by atoms with Gasteiger partial charge in [0.15, 0.2) is 0 Å². The number of aliphatic hydroxyl groups excluding tert-OH is 1. The van der Waals surface area contributed by atoms with Crippen LogP contribution < -0.4 is 10.1 Å². The van der Waals surface area contributed by atoms with Gasteiger partial charge in [-0.1, -0.05) is 0 Å². The van der Waals surface area contributed by atoms with Crippen LogP contribution >= 0.6 is 0 Å². The Kier molecular flexibility index (Phi) is 5.65. The molecule has 1 aromatic rings. The Morgan fingerprint density at radius 2 is 2.18 bits per heavy atom. The van der Waals surface area contributed by atoms with Crippen LogP contribution in [0.1, 0.15) is 12.2 Å². The molecule has 0 aliphatic carbocycles. The van der Waals surface area contributed by atoms with Crippen molar-refractivity contribution in [2.45, 2.75) is 19.4 Å². The standard InChI is InChI=1S/C11H19N3O3/c1-8-12-10(6-11(13-8)17-3)14-9(4-5-15)7-16-2/h6,9,15H,4-5,7H2,1-3H3,(H,12,13,14). The monoisotopic (exact) mass is 241 g/mol. The van der Waals surface area contributed by atoms with Gasteiger partial charge in [0.1, 0.15) is 11.6 Å².